The zero-order valence-corrected chi connectivity index (χ0v) is 14.3. The molecule has 3 rings (SSSR count). The number of aryl methyl sites for hydroxylation is 1. The molecule has 132 valence electrons. The highest BCUT2D eigenvalue weighted by molar-refractivity contribution is 5.56. The quantitative estimate of drug-likeness (QED) is 0.715. The first-order valence-electron chi connectivity index (χ1n) is 8.60. The van der Waals surface area contributed by atoms with E-state index in [1.54, 1.807) is 0 Å². The molecule has 0 radical (unpaired) electrons. The predicted molar refractivity (Wildman–Crippen MR) is 96.1 cm³/mol. The van der Waals surface area contributed by atoms with Crippen molar-refractivity contribution in [3.63, 3.8) is 0 Å². The van der Waals surface area contributed by atoms with Gasteiger partial charge in [-0.3, -0.25) is 0 Å². The van der Waals surface area contributed by atoms with Gasteiger partial charge in [0.2, 0.25) is 5.95 Å². The van der Waals surface area contributed by atoms with Crippen LogP contribution in [0.4, 0.5) is 26.2 Å². The van der Waals surface area contributed by atoms with Gasteiger partial charge in [-0.05, 0) is 51.2 Å². The second kappa shape index (κ2) is 8.05. The van der Waals surface area contributed by atoms with Crippen LogP contribution in [0.15, 0.2) is 35.9 Å². The highest BCUT2D eigenvalue weighted by Crippen LogP contribution is 2.23. The normalized spacial score (nSPS) is 14.1. The maximum absolute atomic E-state index is 13.8. The number of halogens is 2. The Kier molecular flexibility index (Phi) is 5.58. The third-order valence-electron chi connectivity index (χ3n) is 4.19. The first-order chi connectivity index (χ1) is 12.1. The molecule has 0 amide bonds. The van der Waals surface area contributed by atoms with Crippen molar-refractivity contribution in [3.05, 3.63) is 53.2 Å². The largest absolute Gasteiger partial charge is 0.370 e. The number of nitrogens with zero attached hydrogens (tertiary/aromatic N) is 2. The minimum absolute atomic E-state index is 0.170. The molecule has 4 nitrogen and oxygen atoms in total. The summed E-state index contributed by atoms with van der Waals surface area (Å²) in [6.45, 7) is 2.59. The maximum atomic E-state index is 13.8. The number of nitrogens with one attached hydrogen (secondary N) is 2. The molecule has 1 aliphatic carbocycles. The first kappa shape index (κ1) is 17.3. The fourth-order valence-corrected chi connectivity index (χ4v) is 2.93. The summed E-state index contributed by atoms with van der Waals surface area (Å²) in [5.41, 5.74) is 1.95. The van der Waals surface area contributed by atoms with E-state index < -0.39 is 11.6 Å². The van der Waals surface area contributed by atoms with E-state index in [1.165, 1.54) is 49.5 Å². The fourth-order valence-electron chi connectivity index (χ4n) is 2.93. The van der Waals surface area contributed by atoms with E-state index in [0.717, 1.165) is 13.0 Å². The minimum Gasteiger partial charge on any atom is -0.370 e. The molecule has 0 bridgehead atoms. The Morgan fingerprint density at radius 3 is 2.64 bits per heavy atom. The number of para-hydroxylation sites is 1. The van der Waals surface area contributed by atoms with Gasteiger partial charge in [-0.1, -0.05) is 17.7 Å². The highest BCUT2D eigenvalue weighted by Gasteiger charge is 2.11. The van der Waals surface area contributed by atoms with Gasteiger partial charge in [-0.2, -0.15) is 4.98 Å². The van der Waals surface area contributed by atoms with Crippen molar-refractivity contribution in [2.24, 2.45) is 0 Å². The number of hydrogen-bond donors (Lipinski definition) is 2. The van der Waals surface area contributed by atoms with Crippen LogP contribution in [-0.2, 0) is 0 Å². The zero-order chi connectivity index (χ0) is 17.6. The Morgan fingerprint density at radius 1 is 1.12 bits per heavy atom. The SMILES string of the molecule is Cc1cc(NCCC2=CCCCC2)nc(Nc2c(F)cccc2F)n1. The highest BCUT2D eigenvalue weighted by atomic mass is 19.1. The molecule has 0 fully saturated rings. The Labute approximate surface area is 146 Å². The van der Waals surface area contributed by atoms with E-state index in [9.17, 15) is 8.78 Å². The first-order valence-corrected chi connectivity index (χ1v) is 8.60. The molecular weight excluding hydrogens is 322 g/mol. The molecule has 1 heterocycles. The topological polar surface area (TPSA) is 49.8 Å². The lowest BCUT2D eigenvalue weighted by Gasteiger charge is -2.14. The van der Waals surface area contributed by atoms with Crippen LogP contribution in [0.1, 0.15) is 37.8 Å². The number of benzene rings is 1. The molecule has 1 aliphatic rings. The summed E-state index contributed by atoms with van der Waals surface area (Å²) in [6.07, 6.45) is 8.19. The van der Waals surface area contributed by atoms with Crippen molar-refractivity contribution >= 4 is 17.5 Å². The molecule has 0 saturated heterocycles. The van der Waals surface area contributed by atoms with Gasteiger partial charge < -0.3 is 10.6 Å². The van der Waals surface area contributed by atoms with Crippen LogP contribution in [0.3, 0.4) is 0 Å². The molecule has 2 aromatic rings. The Balaban J connectivity index is 1.67. The van der Waals surface area contributed by atoms with Crippen LogP contribution in [0, 0.1) is 18.6 Å². The second-order valence-corrected chi connectivity index (χ2v) is 6.22. The maximum Gasteiger partial charge on any atom is 0.229 e. The van der Waals surface area contributed by atoms with Crippen LogP contribution in [0.25, 0.3) is 0 Å². The van der Waals surface area contributed by atoms with Gasteiger partial charge in [0.1, 0.15) is 23.1 Å². The molecule has 0 aliphatic heterocycles. The van der Waals surface area contributed by atoms with Crippen molar-refractivity contribution in [2.75, 3.05) is 17.2 Å². The summed E-state index contributed by atoms with van der Waals surface area (Å²) in [5.74, 6) is -0.542. The summed E-state index contributed by atoms with van der Waals surface area (Å²) in [4.78, 5) is 8.51. The van der Waals surface area contributed by atoms with Gasteiger partial charge in [-0.15, -0.1) is 0 Å². The Bertz CT molecular complexity index is 754. The second-order valence-electron chi connectivity index (χ2n) is 6.22. The van der Waals surface area contributed by atoms with Crippen molar-refractivity contribution < 1.29 is 8.78 Å². The van der Waals surface area contributed by atoms with Gasteiger partial charge in [0.15, 0.2) is 0 Å². The van der Waals surface area contributed by atoms with Crippen molar-refractivity contribution in [2.45, 2.75) is 39.0 Å². The summed E-state index contributed by atoms with van der Waals surface area (Å²) in [5, 5.41) is 5.91. The Hall–Kier alpha value is -2.50. The van der Waals surface area contributed by atoms with Crippen LogP contribution >= 0.6 is 0 Å². The van der Waals surface area contributed by atoms with Crippen molar-refractivity contribution in [1.29, 1.82) is 0 Å². The molecule has 0 unspecified atom stereocenters. The molecule has 0 atom stereocenters. The number of anilines is 3. The van der Waals surface area contributed by atoms with Crippen LogP contribution < -0.4 is 10.6 Å². The summed E-state index contributed by atoms with van der Waals surface area (Å²) in [7, 11) is 0. The van der Waals surface area contributed by atoms with Crippen LogP contribution in [0.2, 0.25) is 0 Å². The standard InChI is InChI=1S/C19H22F2N4/c1-13-12-17(22-11-10-14-6-3-2-4-7-14)24-19(23-13)25-18-15(20)8-5-9-16(18)21/h5-6,8-9,12H,2-4,7,10-11H2,1H3,(H2,22,23,24,25). The molecule has 6 heteroatoms. The fraction of sp³-hybridized carbons (Fsp3) is 0.368. The van der Waals surface area contributed by atoms with E-state index in [0.29, 0.717) is 11.5 Å². The monoisotopic (exact) mass is 344 g/mol. The third-order valence-corrected chi connectivity index (χ3v) is 4.19. The van der Waals surface area contributed by atoms with Gasteiger partial charge >= 0.3 is 0 Å². The van der Waals surface area contributed by atoms with Crippen LogP contribution in [0.5, 0.6) is 0 Å². The minimum atomic E-state index is -0.677. The van der Waals surface area contributed by atoms with E-state index in [1.807, 2.05) is 13.0 Å². The van der Waals surface area contributed by atoms with Gasteiger partial charge in [0.05, 0.1) is 0 Å². The molecule has 1 aromatic heterocycles. The van der Waals surface area contributed by atoms with Crippen molar-refractivity contribution in [1.82, 2.24) is 9.97 Å². The van der Waals surface area contributed by atoms with E-state index >= 15 is 0 Å². The lowest BCUT2D eigenvalue weighted by molar-refractivity contribution is 0.590. The van der Waals surface area contributed by atoms with E-state index in [2.05, 4.69) is 26.7 Å². The Morgan fingerprint density at radius 2 is 1.92 bits per heavy atom. The number of aromatic nitrogens is 2. The van der Waals surface area contributed by atoms with Crippen molar-refractivity contribution in [3.8, 4) is 0 Å². The summed E-state index contributed by atoms with van der Waals surface area (Å²) >= 11 is 0. The van der Waals surface area contributed by atoms with E-state index in [-0.39, 0.29) is 11.6 Å². The molecule has 1 aromatic carbocycles. The molecule has 0 saturated carbocycles. The molecule has 25 heavy (non-hydrogen) atoms. The predicted octanol–water partition coefficient (Wildman–Crippen LogP) is 5.11. The van der Waals surface area contributed by atoms with Gasteiger partial charge in [-0.25, -0.2) is 13.8 Å². The summed E-state index contributed by atoms with van der Waals surface area (Å²) < 4.78 is 27.5. The van der Waals surface area contributed by atoms with Crippen LogP contribution in [-0.4, -0.2) is 16.5 Å². The molecule has 0 spiro atoms. The average Bonchev–Trinajstić information content (AvgIpc) is 2.59. The molecular formula is C19H22F2N4. The lowest BCUT2D eigenvalue weighted by Crippen LogP contribution is -2.09. The number of allylic oxidation sites excluding steroid dienone is 1. The number of hydrogen-bond acceptors (Lipinski definition) is 4. The smallest absolute Gasteiger partial charge is 0.229 e. The van der Waals surface area contributed by atoms with Gasteiger partial charge in [0, 0.05) is 18.3 Å². The zero-order valence-electron chi connectivity index (χ0n) is 14.3. The third kappa shape index (κ3) is 4.75. The lowest BCUT2D eigenvalue weighted by atomic mass is 9.97. The number of rotatable bonds is 6. The van der Waals surface area contributed by atoms with Gasteiger partial charge in [0.25, 0.3) is 0 Å². The molecule has 2 N–H and O–H groups in total. The summed E-state index contributed by atoms with van der Waals surface area (Å²) in [6, 6.07) is 5.52. The average molecular weight is 344 g/mol. The van der Waals surface area contributed by atoms with E-state index in [4.69, 9.17) is 0 Å².